The molecule has 0 radical (unpaired) electrons. The summed E-state index contributed by atoms with van der Waals surface area (Å²) in [6, 6.07) is 0. The van der Waals surface area contributed by atoms with E-state index in [9.17, 15) is 9.59 Å². The number of hydrogen-bond donors (Lipinski definition) is 0. The third kappa shape index (κ3) is 5.10. The molecule has 15 heavy (non-hydrogen) atoms. The molecule has 0 spiro atoms. The molecule has 2 heteroatoms. The van der Waals surface area contributed by atoms with Crippen LogP contribution < -0.4 is 0 Å². The Balaban J connectivity index is 0.000000151. The molecule has 0 heterocycles. The van der Waals surface area contributed by atoms with E-state index in [0.717, 1.165) is 44.9 Å². The number of Topliss-reactive ketones (excluding diaryl/α,β-unsaturated/α-hetero) is 2. The average molecular weight is 210 g/mol. The van der Waals surface area contributed by atoms with Crippen LogP contribution in [0.5, 0.6) is 0 Å². The molecule has 0 amide bonds. The second kappa shape index (κ2) is 6.76. The third-order valence-corrected chi connectivity index (χ3v) is 3.27. The largest absolute Gasteiger partial charge is 0.300 e. The van der Waals surface area contributed by atoms with Gasteiger partial charge in [-0.15, -0.1) is 0 Å². The number of carbonyl (C=O) groups is 2. The molecule has 0 aromatic rings. The lowest BCUT2D eigenvalue weighted by molar-refractivity contribution is -0.124. The Bertz CT molecular complexity index is 213. The minimum absolute atomic E-state index is 0.365. The Morgan fingerprint density at radius 1 is 0.867 bits per heavy atom. The summed E-state index contributed by atoms with van der Waals surface area (Å²) < 4.78 is 0. The Kier molecular flexibility index (Phi) is 5.59. The van der Waals surface area contributed by atoms with Crippen molar-refractivity contribution in [1.82, 2.24) is 0 Å². The van der Waals surface area contributed by atoms with Crippen LogP contribution in [0, 0.1) is 5.92 Å². The predicted molar refractivity (Wildman–Crippen MR) is 60.7 cm³/mol. The van der Waals surface area contributed by atoms with Gasteiger partial charge in [-0.05, 0) is 25.7 Å². The molecule has 0 saturated heterocycles. The van der Waals surface area contributed by atoms with Crippen molar-refractivity contribution in [2.24, 2.45) is 5.92 Å². The van der Waals surface area contributed by atoms with Gasteiger partial charge in [0.25, 0.3) is 0 Å². The summed E-state index contributed by atoms with van der Waals surface area (Å²) in [5.74, 6) is 1.30. The quantitative estimate of drug-likeness (QED) is 0.615. The highest BCUT2D eigenvalue weighted by Gasteiger charge is 2.16. The van der Waals surface area contributed by atoms with Crippen LogP contribution in [0.3, 0.4) is 0 Å². The van der Waals surface area contributed by atoms with Crippen molar-refractivity contribution < 1.29 is 9.59 Å². The van der Waals surface area contributed by atoms with Crippen LogP contribution in [-0.2, 0) is 9.59 Å². The summed E-state index contributed by atoms with van der Waals surface area (Å²) >= 11 is 0. The van der Waals surface area contributed by atoms with Gasteiger partial charge in [0, 0.05) is 25.2 Å². The summed E-state index contributed by atoms with van der Waals surface area (Å²) in [5, 5.41) is 0. The van der Waals surface area contributed by atoms with Gasteiger partial charge >= 0.3 is 0 Å². The fourth-order valence-corrected chi connectivity index (χ4v) is 2.10. The van der Waals surface area contributed by atoms with E-state index in [2.05, 4.69) is 0 Å². The Morgan fingerprint density at radius 2 is 1.47 bits per heavy atom. The maximum absolute atomic E-state index is 10.8. The summed E-state index contributed by atoms with van der Waals surface area (Å²) in [4.78, 5) is 21.3. The summed E-state index contributed by atoms with van der Waals surface area (Å²) in [7, 11) is 0. The first kappa shape index (κ1) is 12.4. The van der Waals surface area contributed by atoms with Crippen molar-refractivity contribution in [2.75, 3.05) is 0 Å². The van der Waals surface area contributed by atoms with Crippen molar-refractivity contribution in [2.45, 2.75) is 64.7 Å². The van der Waals surface area contributed by atoms with E-state index in [1.54, 1.807) is 0 Å². The van der Waals surface area contributed by atoms with Crippen LogP contribution in [0.25, 0.3) is 0 Å². The van der Waals surface area contributed by atoms with Crippen LogP contribution in [0.1, 0.15) is 64.7 Å². The van der Waals surface area contributed by atoms with Crippen LogP contribution in [0.4, 0.5) is 0 Å². The number of ketones is 2. The SMILES string of the molecule is CC1CCCCC1=O.O=C1CCCCC1. The van der Waals surface area contributed by atoms with Crippen molar-refractivity contribution in [3.05, 3.63) is 0 Å². The van der Waals surface area contributed by atoms with E-state index >= 15 is 0 Å². The first-order chi connectivity index (χ1) is 7.20. The van der Waals surface area contributed by atoms with E-state index in [4.69, 9.17) is 0 Å². The van der Waals surface area contributed by atoms with Crippen molar-refractivity contribution in [3.63, 3.8) is 0 Å². The van der Waals surface area contributed by atoms with Gasteiger partial charge in [-0.1, -0.05) is 19.8 Å². The summed E-state index contributed by atoms with van der Waals surface area (Å²) in [6.07, 6.45) is 9.58. The first-order valence-corrected chi connectivity index (χ1v) is 6.24. The minimum Gasteiger partial charge on any atom is -0.300 e. The van der Waals surface area contributed by atoms with Gasteiger partial charge in [-0.2, -0.15) is 0 Å². The molecule has 2 aliphatic carbocycles. The van der Waals surface area contributed by atoms with Crippen LogP contribution in [-0.4, -0.2) is 11.6 Å². The molecule has 1 atom stereocenters. The molecule has 86 valence electrons. The van der Waals surface area contributed by atoms with Gasteiger partial charge in [0.2, 0.25) is 0 Å². The van der Waals surface area contributed by atoms with Gasteiger partial charge in [0.1, 0.15) is 11.6 Å². The smallest absolute Gasteiger partial charge is 0.135 e. The van der Waals surface area contributed by atoms with E-state index in [1.165, 1.54) is 12.8 Å². The molecule has 0 aromatic heterocycles. The Hall–Kier alpha value is -0.660. The molecule has 0 N–H and O–H groups in total. The van der Waals surface area contributed by atoms with E-state index in [-0.39, 0.29) is 0 Å². The molecule has 2 rings (SSSR count). The molecule has 0 aromatic carbocycles. The molecule has 2 aliphatic rings. The lowest BCUT2D eigenvalue weighted by Gasteiger charge is -2.14. The minimum atomic E-state index is 0.365. The van der Waals surface area contributed by atoms with Crippen molar-refractivity contribution in [1.29, 1.82) is 0 Å². The van der Waals surface area contributed by atoms with Gasteiger partial charge < -0.3 is 0 Å². The fraction of sp³-hybridized carbons (Fsp3) is 0.846. The highest BCUT2D eigenvalue weighted by atomic mass is 16.1. The lowest BCUT2D eigenvalue weighted by atomic mass is 9.90. The topological polar surface area (TPSA) is 34.1 Å². The molecule has 2 nitrogen and oxygen atoms in total. The molecule has 0 aliphatic heterocycles. The first-order valence-electron chi connectivity index (χ1n) is 6.24. The molecular weight excluding hydrogens is 188 g/mol. The van der Waals surface area contributed by atoms with E-state index in [0.29, 0.717) is 17.5 Å². The molecule has 2 fully saturated rings. The van der Waals surface area contributed by atoms with Crippen molar-refractivity contribution in [3.8, 4) is 0 Å². The second-order valence-electron chi connectivity index (χ2n) is 4.71. The Morgan fingerprint density at radius 3 is 1.80 bits per heavy atom. The predicted octanol–water partition coefficient (Wildman–Crippen LogP) is 3.29. The van der Waals surface area contributed by atoms with Gasteiger partial charge in [0.05, 0.1) is 0 Å². The Labute approximate surface area is 92.4 Å². The van der Waals surface area contributed by atoms with Crippen LogP contribution >= 0.6 is 0 Å². The zero-order valence-corrected chi connectivity index (χ0v) is 9.76. The van der Waals surface area contributed by atoms with Crippen molar-refractivity contribution >= 4 is 11.6 Å². The average Bonchev–Trinajstić information content (AvgIpc) is 2.25. The maximum Gasteiger partial charge on any atom is 0.135 e. The molecule has 1 unspecified atom stereocenters. The number of carbonyl (C=O) groups excluding carboxylic acids is 2. The maximum atomic E-state index is 10.8. The number of hydrogen-bond acceptors (Lipinski definition) is 2. The lowest BCUT2D eigenvalue weighted by Crippen LogP contribution is -2.14. The molecule has 2 saturated carbocycles. The van der Waals surface area contributed by atoms with Crippen LogP contribution in [0.15, 0.2) is 0 Å². The molecule has 0 bridgehead atoms. The summed E-state index contributed by atoms with van der Waals surface area (Å²) in [5.41, 5.74) is 0. The van der Waals surface area contributed by atoms with Gasteiger partial charge in [-0.25, -0.2) is 0 Å². The van der Waals surface area contributed by atoms with Crippen LogP contribution in [0.2, 0.25) is 0 Å². The zero-order valence-electron chi connectivity index (χ0n) is 9.76. The third-order valence-electron chi connectivity index (χ3n) is 3.27. The second-order valence-corrected chi connectivity index (χ2v) is 4.71. The fourth-order valence-electron chi connectivity index (χ4n) is 2.10. The standard InChI is InChI=1S/C7H12O.C6H10O/c1-6-4-2-3-5-7(6)8;7-6-4-2-1-3-5-6/h6H,2-5H2,1H3;1-5H2. The highest BCUT2D eigenvalue weighted by molar-refractivity contribution is 5.81. The highest BCUT2D eigenvalue weighted by Crippen LogP contribution is 2.18. The monoisotopic (exact) mass is 210 g/mol. The van der Waals surface area contributed by atoms with E-state index < -0.39 is 0 Å². The van der Waals surface area contributed by atoms with E-state index in [1.807, 2.05) is 6.92 Å². The number of rotatable bonds is 0. The van der Waals surface area contributed by atoms with Gasteiger partial charge in [0.15, 0.2) is 0 Å². The summed E-state index contributed by atoms with van der Waals surface area (Å²) in [6.45, 7) is 2.03. The zero-order chi connectivity index (χ0) is 11.1. The molecular formula is C13H22O2. The normalized spacial score (nSPS) is 26.9. The van der Waals surface area contributed by atoms with Gasteiger partial charge in [-0.3, -0.25) is 9.59 Å².